The number of anilines is 1. The van der Waals surface area contributed by atoms with Gasteiger partial charge in [-0.2, -0.15) is 0 Å². The smallest absolute Gasteiger partial charge is 0.269 e. The molecule has 2 aromatic heterocycles. The first-order valence-electron chi connectivity index (χ1n) is 11.4. The molecule has 2 aliphatic heterocycles. The van der Waals surface area contributed by atoms with Crippen molar-refractivity contribution in [1.82, 2.24) is 20.2 Å². The van der Waals surface area contributed by atoms with Crippen molar-refractivity contribution in [3.05, 3.63) is 58.7 Å². The van der Waals surface area contributed by atoms with E-state index in [1.54, 1.807) is 13.1 Å². The van der Waals surface area contributed by atoms with Gasteiger partial charge in [0.1, 0.15) is 5.69 Å². The molecule has 2 fully saturated rings. The van der Waals surface area contributed by atoms with Crippen molar-refractivity contribution >= 4 is 23.5 Å². The predicted octanol–water partition coefficient (Wildman–Crippen LogP) is 2.32. The average molecular weight is 432 g/mol. The highest BCUT2D eigenvalue weighted by Gasteiger charge is 2.40. The molecule has 1 aliphatic carbocycles. The monoisotopic (exact) mass is 431 g/mol. The summed E-state index contributed by atoms with van der Waals surface area (Å²) in [7, 11) is 1.62. The van der Waals surface area contributed by atoms with Crippen LogP contribution in [0, 0.1) is 11.8 Å². The fraction of sp³-hybridized carbons (Fsp3) is 0.440. The second-order valence-corrected chi connectivity index (χ2v) is 9.11. The van der Waals surface area contributed by atoms with E-state index < -0.39 is 0 Å². The number of pyridine rings is 2. The quantitative estimate of drug-likeness (QED) is 0.783. The van der Waals surface area contributed by atoms with Crippen LogP contribution in [0.5, 0.6) is 0 Å². The SMILES string of the molecule is CCC1=Cc2ncc(CN3CC4CN(c5ccc(C(=O)NC)nc5)CC4C3)cc2CC1=O. The zero-order chi connectivity index (χ0) is 22.2. The fourth-order valence-electron chi connectivity index (χ4n) is 5.28. The zero-order valence-electron chi connectivity index (χ0n) is 18.7. The summed E-state index contributed by atoms with van der Waals surface area (Å²) in [6.07, 6.45) is 6.97. The van der Waals surface area contributed by atoms with Crippen molar-refractivity contribution in [2.24, 2.45) is 11.8 Å². The molecule has 166 valence electrons. The molecule has 2 saturated heterocycles. The summed E-state index contributed by atoms with van der Waals surface area (Å²) in [5.74, 6) is 1.34. The molecule has 0 aromatic carbocycles. The van der Waals surface area contributed by atoms with Gasteiger partial charge in [0.05, 0.1) is 17.6 Å². The number of nitrogens with zero attached hydrogens (tertiary/aromatic N) is 4. The number of hydrogen-bond donors (Lipinski definition) is 1. The minimum Gasteiger partial charge on any atom is -0.370 e. The minimum absolute atomic E-state index is 0.159. The molecular weight excluding hydrogens is 402 g/mol. The predicted molar refractivity (Wildman–Crippen MR) is 123 cm³/mol. The maximum absolute atomic E-state index is 12.3. The van der Waals surface area contributed by atoms with Crippen LogP contribution in [0.15, 0.2) is 36.2 Å². The number of likely N-dealkylation sites (tertiary alicyclic amines) is 1. The van der Waals surface area contributed by atoms with Crippen molar-refractivity contribution < 1.29 is 9.59 Å². The maximum Gasteiger partial charge on any atom is 0.269 e. The number of allylic oxidation sites excluding steroid dienone is 1. The summed E-state index contributed by atoms with van der Waals surface area (Å²) >= 11 is 0. The average Bonchev–Trinajstić information content (AvgIpc) is 3.37. The normalized spacial score (nSPS) is 22.5. The molecule has 7 nitrogen and oxygen atoms in total. The van der Waals surface area contributed by atoms with E-state index in [9.17, 15) is 9.59 Å². The van der Waals surface area contributed by atoms with Gasteiger partial charge in [-0.3, -0.25) is 19.5 Å². The van der Waals surface area contributed by atoms with Crippen LogP contribution in [0.2, 0.25) is 0 Å². The van der Waals surface area contributed by atoms with Gasteiger partial charge < -0.3 is 10.2 Å². The number of amides is 1. The summed E-state index contributed by atoms with van der Waals surface area (Å²) in [6, 6.07) is 5.96. The number of ketones is 1. The Kier molecular flexibility index (Phi) is 5.51. The Labute approximate surface area is 188 Å². The van der Waals surface area contributed by atoms with Gasteiger partial charge in [0.15, 0.2) is 5.78 Å². The lowest BCUT2D eigenvalue weighted by Crippen LogP contribution is -2.29. The van der Waals surface area contributed by atoms with E-state index in [1.165, 1.54) is 5.56 Å². The van der Waals surface area contributed by atoms with E-state index >= 15 is 0 Å². The van der Waals surface area contributed by atoms with Crippen molar-refractivity contribution in [3.63, 3.8) is 0 Å². The number of carbonyl (C=O) groups excluding carboxylic acids is 2. The maximum atomic E-state index is 12.3. The third-order valence-electron chi connectivity index (χ3n) is 7.00. The molecule has 3 aliphatic rings. The molecular formula is C25H29N5O2. The van der Waals surface area contributed by atoms with Crippen LogP contribution >= 0.6 is 0 Å². The van der Waals surface area contributed by atoms with Crippen molar-refractivity contribution in [2.45, 2.75) is 26.3 Å². The highest BCUT2D eigenvalue weighted by atomic mass is 16.1. The number of fused-ring (bicyclic) bond motifs is 2. The van der Waals surface area contributed by atoms with Crippen LogP contribution in [0.25, 0.3) is 6.08 Å². The van der Waals surface area contributed by atoms with E-state index in [-0.39, 0.29) is 11.7 Å². The summed E-state index contributed by atoms with van der Waals surface area (Å²) in [4.78, 5) is 37.8. The molecule has 0 radical (unpaired) electrons. The first-order valence-corrected chi connectivity index (χ1v) is 11.4. The summed E-state index contributed by atoms with van der Waals surface area (Å²) in [5, 5.41) is 2.61. The minimum atomic E-state index is -0.159. The Hall–Kier alpha value is -3.06. The van der Waals surface area contributed by atoms with Crippen LogP contribution in [0.3, 0.4) is 0 Å². The molecule has 0 spiro atoms. The third-order valence-corrected chi connectivity index (χ3v) is 7.00. The lowest BCUT2D eigenvalue weighted by Gasteiger charge is -2.23. The summed E-state index contributed by atoms with van der Waals surface area (Å²) in [6.45, 7) is 7.08. The standard InChI is InChI=1S/C25H29N5O2/c1-3-17-7-23-18(8-24(17)31)6-16(9-27-23)11-29-12-19-14-30(15-20(19)13-29)21-4-5-22(28-10-21)25(32)26-2/h4-7,9-10,19-20H,3,8,11-15H2,1-2H3,(H,26,32). The van der Waals surface area contributed by atoms with Gasteiger partial charge in [0, 0.05) is 52.4 Å². The second-order valence-electron chi connectivity index (χ2n) is 9.11. The largest absolute Gasteiger partial charge is 0.370 e. The molecule has 7 heteroatoms. The van der Waals surface area contributed by atoms with Gasteiger partial charge in [0.25, 0.3) is 5.91 Å². The Bertz CT molecular complexity index is 1060. The Balaban J connectivity index is 1.19. The van der Waals surface area contributed by atoms with E-state index in [2.05, 4.69) is 31.2 Å². The highest BCUT2D eigenvalue weighted by molar-refractivity contribution is 6.03. The molecule has 4 heterocycles. The Morgan fingerprint density at radius 1 is 1.12 bits per heavy atom. The van der Waals surface area contributed by atoms with E-state index in [0.717, 1.165) is 61.7 Å². The fourth-order valence-corrected chi connectivity index (χ4v) is 5.28. The molecule has 0 bridgehead atoms. The zero-order valence-corrected chi connectivity index (χ0v) is 18.7. The molecule has 1 amide bonds. The molecule has 0 saturated carbocycles. The van der Waals surface area contributed by atoms with Crippen LogP contribution in [-0.4, -0.2) is 59.8 Å². The second kappa shape index (κ2) is 8.47. The Morgan fingerprint density at radius 3 is 2.56 bits per heavy atom. The lowest BCUT2D eigenvalue weighted by atomic mass is 9.92. The summed E-state index contributed by atoms with van der Waals surface area (Å²) < 4.78 is 0. The van der Waals surface area contributed by atoms with Crippen LogP contribution < -0.4 is 10.2 Å². The first kappa shape index (κ1) is 20.8. The van der Waals surface area contributed by atoms with Gasteiger partial charge in [-0.05, 0) is 53.2 Å². The molecule has 2 aromatic rings. The summed E-state index contributed by atoms with van der Waals surface area (Å²) in [5.41, 5.74) is 5.62. The van der Waals surface area contributed by atoms with Crippen molar-refractivity contribution in [1.29, 1.82) is 0 Å². The molecule has 5 rings (SSSR count). The number of aromatic nitrogens is 2. The van der Waals surface area contributed by atoms with Gasteiger partial charge in [0.2, 0.25) is 0 Å². The Morgan fingerprint density at radius 2 is 1.91 bits per heavy atom. The van der Waals surface area contributed by atoms with E-state index in [4.69, 9.17) is 0 Å². The lowest BCUT2D eigenvalue weighted by molar-refractivity contribution is -0.115. The number of Topliss-reactive ketones (excluding diaryl/α,β-unsaturated/α-hetero) is 1. The number of hydrogen-bond acceptors (Lipinski definition) is 6. The number of carbonyl (C=O) groups is 2. The number of rotatable bonds is 5. The van der Waals surface area contributed by atoms with Crippen LogP contribution in [0.4, 0.5) is 5.69 Å². The number of nitrogens with one attached hydrogen (secondary N) is 1. The molecule has 2 atom stereocenters. The van der Waals surface area contributed by atoms with Crippen molar-refractivity contribution in [2.75, 3.05) is 38.1 Å². The van der Waals surface area contributed by atoms with Gasteiger partial charge in [-0.25, -0.2) is 4.98 Å². The van der Waals surface area contributed by atoms with Gasteiger partial charge >= 0.3 is 0 Å². The molecule has 2 unspecified atom stereocenters. The molecule has 1 N–H and O–H groups in total. The van der Waals surface area contributed by atoms with E-state index in [0.29, 0.717) is 24.0 Å². The third kappa shape index (κ3) is 3.93. The van der Waals surface area contributed by atoms with Gasteiger partial charge in [-0.15, -0.1) is 0 Å². The topological polar surface area (TPSA) is 78.4 Å². The van der Waals surface area contributed by atoms with Crippen molar-refractivity contribution in [3.8, 4) is 0 Å². The van der Waals surface area contributed by atoms with Crippen LogP contribution in [-0.2, 0) is 17.8 Å². The first-order chi connectivity index (χ1) is 15.5. The molecule has 32 heavy (non-hydrogen) atoms. The highest BCUT2D eigenvalue weighted by Crippen LogP contribution is 2.34. The van der Waals surface area contributed by atoms with E-state index in [1.807, 2.05) is 31.5 Å². The van der Waals surface area contributed by atoms with Crippen LogP contribution in [0.1, 0.15) is 40.7 Å². The van der Waals surface area contributed by atoms with Gasteiger partial charge in [-0.1, -0.05) is 13.0 Å².